The number of nitrogens with zero attached hydrogens (tertiary/aromatic N) is 1. The van der Waals surface area contributed by atoms with Crippen LogP contribution in [0.2, 0.25) is 0 Å². The lowest BCUT2D eigenvalue weighted by Gasteiger charge is -2.13. The molecule has 0 bridgehead atoms. The van der Waals surface area contributed by atoms with E-state index >= 15 is 0 Å². The predicted octanol–water partition coefficient (Wildman–Crippen LogP) is 2.97. The molecule has 0 unspecified atom stereocenters. The van der Waals surface area contributed by atoms with E-state index in [9.17, 15) is 14.4 Å². The van der Waals surface area contributed by atoms with E-state index in [1.807, 2.05) is 31.2 Å². The number of carbonyl (C=O) groups is 3. The van der Waals surface area contributed by atoms with Crippen LogP contribution in [0.15, 0.2) is 53.4 Å². The minimum atomic E-state index is -0.561. The molecular formula is C21H20N2O5S. The van der Waals surface area contributed by atoms with E-state index in [2.05, 4.69) is 0 Å². The van der Waals surface area contributed by atoms with Crippen molar-refractivity contribution in [1.82, 2.24) is 4.90 Å². The fourth-order valence-electron chi connectivity index (χ4n) is 2.62. The second kappa shape index (κ2) is 9.29. The topological polar surface area (TPSA) is 98.9 Å². The van der Waals surface area contributed by atoms with Crippen LogP contribution in [0.1, 0.15) is 11.1 Å². The van der Waals surface area contributed by atoms with Crippen LogP contribution in [0.4, 0.5) is 4.79 Å². The summed E-state index contributed by atoms with van der Waals surface area (Å²) in [6.45, 7) is 2.16. The number of benzene rings is 2. The first-order valence-electron chi connectivity index (χ1n) is 8.88. The lowest BCUT2D eigenvalue weighted by Crippen LogP contribution is -2.32. The van der Waals surface area contributed by atoms with Crippen LogP contribution in [-0.2, 0) is 9.59 Å². The van der Waals surface area contributed by atoms with Crippen LogP contribution in [0.25, 0.3) is 6.08 Å². The number of nitrogens with two attached hydrogens (primary N) is 1. The molecule has 1 saturated heterocycles. The number of aryl methyl sites for hydroxylation is 1. The lowest BCUT2D eigenvalue weighted by molar-refractivity contribution is -0.123. The maximum atomic E-state index is 12.5. The molecule has 2 N–H and O–H groups in total. The Morgan fingerprint density at radius 1 is 1.10 bits per heavy atom. The number of rotatable bonds is 8. The molecular weight excluding hydrogens is 392 g/mol. The van der Waals surface area contributed by atoms with Gasteiger partial charge in [-0.1, -0.05) is 24.3 Å². The van der Waals surface area contributed by atoms with Crippen LogP contribution < -0.4 is 15.2 Å². The summed E-state index contributed by atoms with van der Waals surface area (Å²) in [6.07, 6.45) is 1.64. The number of primary amides is 1. The van der Waals surface area contributed by atoms with E-state index in [0.29, 0.717) is 16.4 Å². The van der Waals surface area contributed by atoms with Gasteiger partial charge in [0, 0.05) is 0 Å². The molecule has 0 aliphatic carbocycles. The first kappa shape index (κ1) is 20.5. The van der Waals surface area contributed by atoms with Gasteiger partial charge in [-0.25, -0.2) is 0 Å². The first-order chi connectivity index (χ1) is 13.9. The highest BCUT2D eigenvalue weighted by molar-refractivity contribution is 8.18. The van der Waals surface area contributed by atoms with Gasteiger partial charge >= 0.3 is 0 Å². The Balaban J connectivity index is 1.58. The van der Waals surface area contributed by atoms with Gasteiger partial charge in [0.2, 0.25) is 0 Å². The monoisotopic (exact) mass is 412 g/mol. The zero-order chi connectivity index (χ0) is 20.8. The summed E-state index contributed by atoms with van der Waals surface area (Å²) in [6, 6.07) is 14.4. The van der Waals surface area contributed by atoms with Crippen molar-refractivity contribution in [1.29, 1.82) is 0 Å². The van der Waals surface area contributed by atoms with Gasteiger partial charge in [-0.05, 0) is 60.2 Å². The fourth-order valence-corrected chi connectivity index (χ4v) is 3.48. The van der Waals surface area contributed by atoms with Crippen LogP contribution in [0.5, 0.6) is 11.5 Å². The van der Waals surface area contributed by atoms with Gasteiger partial charge in [-0.3, -0.25) is 19.3 Å². The Hall–Kier alpha value is -3.26. The Morgan fingerprint density at radius 3 is 2.55 bits per heavy atom. The van der Waals surface area contributed by atoms with Gasteiger partial charge in [-0.2, -0.15) is 0 Å². The van der Waals surface area contributed by atoms with Gasteiger partial charge in [0.1, 0.15) is 18.1 Å². The van der Waals surface area contributed by atoms with Gasteiger partial charge in [0.05, 0.1) is 11.4 Å². The molecule has 1 fully saturated rings. The summed E-state index contributed by atoms with van der Waals surface area (Å²) < 4.78 is 10.8. The Labute approximate surface area is 172 Å². The molecule has 8 heteroatoms. The quantitative estimate of drug-likeness (QED) is 0.669. The average molecular weight is 412 g/mol. The molecule has 1 aliphatic heterocycles. The molecule has 2 aromatic rings. The normalized spacial score (nSPS) is 15.1. The smallest absolute Gasteiger partial charge is 0.293 e. The minimum absolute atomic E-state index is 0.176. The lowest BCUT2D eigenvalue weighted by atomic mass is 10.2. The van der Waals surface area contributed by atoms with Gasteiger partial charge < -0.3 is 15.2 Å². The highest BCUT2D eigenvalue weighted by Gasteiger charge is 2.34. The largest absolute Gasteiger partial charge is 0.492 e. The average Bonchev–Trinajstić information content (AvgIpc) is 2.95. The Morgan fingerprint density at radius 2 is 1.86 bits per heavy atom. The number of ether oxygens (including phenoxy) is 2. The molecule has 7 nitrogen and oxygen atoms in total. The van der Waals surface area contributed by atoms with Crippen molar-refractivity contribution >= 4 is 34.9 Å². The number of hydrogen-bond acceptors (Lipinski definition) is 6. The number of carbonyl (C=O) groups excluding carboxylic acids is 3. The first-order valence-corrected chi connectivity index (χ1v) is 9.70. The highest BCUT2D eigenvalue weighted by Crippen LogP contribution is 2.32. The van der Waals surface area contributed by atoms with Crippen LogP contribution in [0.3, 0.4) is 0 Å². The summed E-state index contributed by atoms with van der Waals surface area (Å²) in [5, 5.41) is -0.324. The Kier molecular flexibility index (Phi) is 6.56. The molecule has 3 amide bonds. The van der Waals surface area contributed by atoms with Crippen molar-refractivity contribution in [2.45, 2.75) is 6.92 Å². The number of imide groups is 1. The van der Waals surface area contributed by atoms with Crippen molar-refractivity contribution < 1.29 is 23.9 Å². The molecule has 1 aliphatic rings. The van der Waals surface area contributed by atoms with E-state index < -0.39 is 5.91 Å². The molecule has 0 atom stereocenters. The third-order valence-corrected chi connectivity index (χ3v) is 4.91. The van der Waals surface area contributed by atoms with E-state index in [0.717, 1.165) is 22.9 Å². The Bertz CT molecular complexity index is 956. The molecule has 1 heterocycles. The summed E-state index contributed by atoms with van der Waals surface area (Å²) in [4.78, 5) is 37.0. The highest BCUT2D eigenvalue weighted by atomic mass is 32.2. The van der Waals surface area contributed by atoms with Crippen molar-refractivity contribution in [2.24, 2.45) is 5.73 Å². The van der Waals surface area contributed by atoms with E-state index in [-0.39, 0.29) is 30.9 Å². The molecule has 29 heavy (non-hydrogen) atoms. The molecule has 3 rings (SSSR count). The molecule has 0 saturated carbocycles. The summed E-state index contributed by atoms with van der Waals surface area (Å²) >= 11 is 0.894. The van der Waals surface area contributed by atoms with Crippen molar-refractivity contribution in [3.63, 3.8) is 0 Å². The maximum Gasteiger partial charge on any atom is 0.293 e. The number of thioether (sulfide) groups is 1. The summed E-state index contributed by atoms with van der Waals surface area (Å²) in [7, 11) is 0. The minimum Gasteiger partial charge on any atom is -0.492 e. The third kappa shape index (κ3) is 5.61. The SMILES string of the molecule is Cc1cccc(OCCN2C(=O)S/C(=C\c3ccc(OCC(N)=O)cc3)C2=O)c1. The predicted molar refractivity (Wildman–Crippen MR) is 110 cm³/mol. The van der Waals surface area contributed by atoms with Gasteiger partial charge in [-0.15, -0.1) is 0 Å². The zero-order valence-electron chi connectivity index (χ0n) is 15.8. The zero-order valence-corrected chi connectivity index (χ0v) is 16.6. The van der Waals surface area contributed by atoms with Crippen LogP contribution in [0, 0.1) is 6.92 Å². The van der Waals surface area contributed by atoms with Crippen LogP contribution >= 0.6 is 11.8 Å². The summed E-state index contributed by atoms with van der Waals surface area (Å²) in [5.74, 6) is 0.282. The number of amides is 3. The maximum absolute atomic E-state index is 12.5. The van der Waals surface area contributed by atoms with Crippen molar-refractivity contribution in [2.75, 3.05) is 19.8 Å². The van der Waals surface area contributed by atoms with Gasteiger partial charge in [0.15, 0.2) is 6.61 Å². The molecule has 0 radical (unpaired) electrons. The molecule has 150 valence electrons. The second-order valence-corrected chi connectivity index (χ2v) is 7.32. The van der Waals surface area contributed by atoms with Crippen LogP contribution in [-0.4, -0.2) is 41.7 Å². The fraction of sp³-hybridized carbons (Fsp3) is 0.190. The van der Waals surface area contributed by atoms with E-state index in [1.54, 1.807) is 30.3 Å². The molecule has 0 spiro atoms. The molecule has 0 aromatic heterocycles. The third-order valence-electron chi connectivity index (χ3n) is 4.01. The van der Waals surface area contributed by atoms with Crippen molar-refractivity contribution in [3.05, 3.63) is 64.6 Å². The summed E-state index contributed by atoms with van der Waals surface area (Å²) in [5.41, 5.74) is 6.84. The number of hydrogen-bond donors (Lipinski definition) is 1. The second-order valence-electron chi connectivity index (χ2n) is 6.32. The molecule has 2 aromatic carbocycles. The van der Waals surface area contributed by atoms with Gasteiger partial charge in [0.25, 0.3) is 17.1 Å². The van der Waals surface area contributed by atoms with Crippen molar-refractivity contribution in [3.8, 4) is 11.5 Å². The van der Waals surface area contributed by atoms with E-state index in [1.165, 1.54) is 4.90 Å². The standard InChI is InChI=1S/C21H20N2O5S/c1-14-3-2-4-17(11-14)27-10-9-23-20(25)18(29-21(23)26)12-15-5-7-16(8-6-15)28-13-19(22)24/h2-8,11-12H,9-10,13H2,1H3,(H2,22,24)/b18-12-. The van der Waals surface area contributed by atoms with E-state index in [4.69, 9.17) is 15.2 Å².